The van der Waals surface area contributed by atoms with Crippen LogP contribution in [0.5, 0.6) is 0 Å². The predicted molar refractivity (Wildman–Crippen MR) is 113 cm³/mol. The number of rotatable bonds is 5. The summed E-state index contributed by atoms with van der Waals surface area (Å²) in [5.41, 5.74) is -0.658. The van der Waals surface area contributed by atoms with Crippen LogP contribution in [0.2, 0.25) is 5.02 Å². The van der Waals surface area contributed by atoms with Crippen molar-refractivity contribution in [1.82, 2.24) is 4.98 Å². The van der Waals surface area contributed by atoms with Gasteiger partial charge < -0.3 is 0 Å². The van der Waals surface area contributed by atoms with Crippen molar-refractivity contribution in [2.45, 2.75) is 24.9 Å². The standard InChI is InChI=1S/C19H15ClF3N3O3S2/c1-10-11(2)30-18(24-10)25-17(27)15-9-14(6-7-16(15)20)31(28,29)26-13-5-3-4-12(8-13)19(21,22)23/h3-9,26H,1-2H3,(H,24,25,27). The second kappa shape index (κ2) is 8.48. The number of sulfonamides is 1. The number of carbonyl (C=O) groups excluding carboxylic acids is 1. The molecule has 0 radical (unpaired) electrons. The molecule has 0 bridgehead atoms. The molecule has 6 nitrogen and oxygen atoms in total. The Bertz CT molecular complexity index is 1240. The lowest BCUT2D eigenvalue weighted by atomic mass is 10.2. The number of aromatic nitrogens is 1. The van der Waals surface area contributed by atoms with Crippen molar-refractivity contribution in [3.63, 3.8) is 0 Å². The molecule has 1 heterocycles. The van der Waals surface area contributed by atoms with Crippen LogP contribution in [-0.2, 0) is 16.2 Å². The number of nitrogens with zero attached hydrogens (tertiary/aromatic N) is 1. The van der Waals surface area contributed by atoms with Gasteiger partial charge in [0, 0.05) is 10.6 Å². The summed E-state index contributed by atoms with van der Waals surface area (Å²) in [6.07, 6.45) is -4.63. The molecule has 0 atom stereocenters. The molecule has 0 fully saturated rings. The highest BCUT2D eigenvalue weighted by Crippen LogP contribution is 2.31. The monoisotopic (exact) mass is 489 g/mol. The number of carbonyl (C=O) groups is 1. The van der Waals surface area contributed by atoms with Gasteiger partial charge in [-0.05, 0) is 50.2 Å². The van der Waals surface area contributed by atoms with Gasteiger partial charge in [-0.15, -0.1) is 11.3 Å². The van der Waals surface area contributed by atoms with Gasteiger partial charge in [-0.25, -0.2) is 13.4 Å². The molecule has 2 N–H and O–H groups in total. The zero-order valence-electron chi connectivity index (χ0n) is 16.0. The Morgan fingerprint density at radius 2 is 1.84 bits per heavy atom. The third-order valence-electron chi connectivity index (χ3n) is 4.18. The second-order valence-corrected chi connectivity index (χ2v) is 9.73. The second-order valence-electron chi connectivity index (χ2n) is 6.44. The van der Waals surface area contributed by atoms with Crippen molar-refractivity contribution in [3.8, 4) is 0 Å². The van der Waals surface area contributed by atoms with Crippen LogP contribution in [0.15, 0.2) is 47.4 Å². The van der Waals surface area contributed by atoms with Gasteiger partial charge in [0.2, 0.25) is 0 Å². The summed E-state index contributed by atoms with van der Waals surface area (Å²) < 4.78 is 66.1. The topological polar surface area (TPSA) is 88.2 Å². The van der Waals surface area contributed by atoms with Crippen molar-refractivity contribution < 1.29 is 26.4 Å². The first-order valence-electron chi connectivity index (χ1n) is 8.62. The smallest absolute Gasteiger partial charge is 0.298 e. The Balaban J connectivity index is 1.88. The molecule has 1 aromatic heterocycles. The minimum Gasteiger partial charge on any atom is -0.298 e. The zero-order chi connectivity index (χ0) is 23.0. The number of alkyl halides is 3. The first-order valence-corrected chi connectivity index (χ1v) is 11.3. The maximum atomic E-state index is 12.9. The van der Waals surface area contributed by atoms with Gasteiger partial charge in [-0.2, -0.15) is 13.2 Å². The van der Waals surface area contributed by atoms with E-state index in [1.165, 1.54) is 23.5 Å². The normalized spacial score (nSPS) is 11.9. The minimum atomic E-state index is -4.63. The fourth-order valence-electron chi connectivity index (χ4n) is 2.51. The zero-order valence-corrected chi connectivity index (χ0v) is 18.4. The summed E-state index contributed by atoms with van der Waals surface area (Å²) in [4.78, 5) is 17.3. The quantitative estimate of drug-likeness (QED) is 0.496. The van der Waals surface area contributed by atoms with Crippen LogP contribution in [0.25, 0.3) is 0 Å². The van der Waals surface area contributed by atoms with E-state index in [0.717, 1.165) is 34.8 Å². The van der Waals surface area contributed by atoms with E-state index < -0.39 is 27.7 Å². The number of hydrogen-bond acceptors (Lipinski definition) is 5. The van der Waals surface area contributed by atoms with Gasteiger partial charge >= 0.3 is 6.18 Å². The van der Waals surface area contributed by atoms with Crippen LogP contribution in [0.1, 0.15) is 26.5 Å². The predicted octanol–water partition coefficient (Wildman–Crippen LogP) is 5.49. The highest BCUT2D eigenvalue weighted by molar-refractivity contribution is 7.92. The Hall–Kier alpha value is -2.63. The number of anilines is 2. The first kappa shape index (κ1) is 23.0. The Kier molecular flexibility index (Phi) is 6.30. The molecular formula is C19H15ClF3N3O3S2. The molecule has 2 aromatic carbocycles. The summed E-state index contributed by atoms with van der Waals surface area (Å²) >= 11 is 7.31. The summed E-state index contributed by atoms with van der Waals surface area (Å²) in [5, 5.41) is 2.88. The van der Waals surface area contributed by atoms with Crippen molar-refractivity contribution in [2.24, 2.45) is 0 Å². The molecule has 0 aliphatic heterocycles. The van der Waals surface area contributed by atoms with Crippen LogP contribution in [0, 0.1) is 13.8 Å². The fourth-order valence-corrected chi connectivity index (χ4v) is 4.60. The summed E-state index contributed by atoms with van der Waals surface area (Å²) in [7, 11) is -4.29. The molecule has 31 heavy (non-hydrogen) atoms. The van der Waals surface area contributed by atoms with Crippen molar-refractivity contribution in [3.05, 3.63) is 69.2 Å². The minimum absolute atomic E-state index is 0.000480. The van der Waals surface area contributed by atoms with E-state index in [0.29, 0.717) is 11.2 Å². The van der Waals surface area contributed by atoms with Gasteiger partial charge in [0.15, 0.2) is 5.13 Å². The van der Waals surface area contributed by atoms with E-state index in [9.17, 15) is 26.4 Å². The molecule has 3 aromatic rings. The first-order chi connectivity index (χ1) is 14.4. The molecule has 0 aliphatic carbocycles. The molecule has 0 aliphatic rings. The van der Waals surface area contributed by atoms with Crippen molar-refractivity contribution in [1.29, 1.82) is 0 Å². The van der Waals surface area contributed by atoms with Crippen LogP contribution in [0.3, 0.4) is 0 Å². The van der Waals surface area contributed by atoms with E-state index in [1.807, 2.05) is 6.92 Å². The van der Waals surface area contributed by atoms with Crippen LogP contribution in [0.4, 0.5) is 24.0 Å². The Morgan fingerprint density at radius 1 is 1.13 bits per heavy atom. The Labute approximate surface area is 185 Å². The number of hydrogen-bond donors (Lipinski definition) is 2. The number of benzene rings is 2. The van der Waals surface area contributed by atoms with Gasteiger partial charge in [-0.3, -0.25) is 14.8 Å². The van der Waals surface area contributed by atoms with Crippen LogP contribution >= 0.6 is 22.9 Å². The lowest BCUT2D eigenvalue weighted by Crippen LogP contribution is -2.17. The van der Waals surface area contributed by atoms with Gasteiger partial charge in [0.25, 0.3) is 15.9 Å². The van der Waals surface area contributed by atoms with Crippen LogP contribution < -0.4 is 10.0 Å². The van der Waals surface area contributed by atoms with Gasteiger partial charge in [0.1, 0.15) is 0 Å². The summed E-state index contributed by atoms with van der Waals surface area (Å²) in [5.74, 6) is -0.671. The summed E-state index contributed by atoms with van der Waals surface area (Å²) in [6, 6.07) is 7.17. The van der Waals surface area contributed by atoms with E-state index >= 15 is 0 Å². The van der Waals surface area contributed by atoms with Gasteiger partial charge in [-0.1, -0.05) is 17.7 Å². The lowest BCUT2D eigenvalue weighted by molar-refractivity contribution is -0.137. The third-order valence-corrected chi connectivity index (χ3v) is 6.88. The molecule has 3 rings (SSSR count). The fraction of sp³-hybridized carbons (Fsp3) is 0.158. The Morgan fingerprint density at radius 3 is 2.45 bits per heavy atom. The lowest BCUT2D eigenvalue weighted by Gasteiger charge is -2.12. The molecule has 0 saturated carbocycles. The number of aryl methyl sites for hydroxylation is 2. The van der Waals surface area contributed by atoms with Crippen molar-refractivity contribution in [2.75, 3.05) is 10.0 Å². The average molecular weight is 490 g/mol. The number of thiazole rings is 1. The molecule has 1 amide bonds. The van der Waals surface area contributed by atoms with E-state index in [1.54, 1.807) is 6.92 Å². The molecule has 0 spiro atoms. The van der Waals surface area contributed by atoms with E-state index in [-0.39, 0.29) is 21.2 Å². The van der Waals surface area contributed by atoms with E-state index in [4.69, 9.17) is 11.6 Å². The SMILES string of the molecule is Cc1nc(NC(=O)c2cc(S(=O)(=O)Nc3cccc(C(F)(F)F)c3)ccc2Cl)sc1C. The molecule has 0 saturated heterocycles. The largest absolute Gasteiger partial charge is 0.416 e. The molecule has 0 unspecified atom stereocenters. The summed E-state index contributed by atoms with van der Waals surface area (Å²) in [6.45, 7) is 3.61. The molecular weight excluding hydrogens is 475 g/mol. The third kappa shape index (κ3) is 5.35. The maximum absolute atomic E-state index is 12.9. The number of halogens is 4. The van der Waals surface area contributed by atoms with Crippen LogP contribution in [-0.4, -0.2) is 19.3 Å². The van der Waals surface area contributed by atoms with E-state index in [2.05, 4.69) is 15.0 Å². The van der Waals surface area contributed by atoms with Crippen molar-refractivity contribution >= 4 is 49.7 Å². The average Bonchev–Trinajstić information content (AvgIpc) is 2.98. The molecule has 164 valence electrons. The number of nitrogens with one attached hydrogen (secondary N) is 2. The maximum Gasteiger partial charge on any atom is 0.416 e. The van der Waals surface area contributed by atoms with Gasteiger partial charge in [0.05, 0.1) is 26.7 Å². The number of amides is 1. The highest BCUT2D eigenvalue weighted by atomic mass is 35.5. The molecule has 12 heteroatoms. The highest BCUT2D eigenvalue weighted by Gasteiger charge is 2.31.